The van der Waals surface area contributed by atoms with Gasteiger partial charge in [-0.3, -0.25) is 0 Å². The summed E-state index contributed by atoms with van der Waals surface area (Å²) in [7, 11) is 0. The molecule has 0 fully saturated rings. The van der Waals surface area contributed by atoms with Crippen molar-refractivity contribution in [3.8, 4) is 0 Å². The van der Waals surface area contributed by atoms with Gasteiger partial charge >= 0.3 is 0 Å². The Balaban J connectivity index is 3.49. The van der Waals surface area contributed by atoms with Crippen molar-refractivity contribution in [2.75, 3.05) is 19.8 Å². The molecule has 0 aliphatic heterocycles. The predicted octanol–water partition coefficient (Wildman–Crippen LogP) is 2.59. The van der Waals surface area contributed by atoms with Gasteiger partial charge < -0.3 is 14.2 Å². The summed E-state index contributed by atoms with van der Waals surface area (Å²) in [5.41, 5.74) is 0. The average molecular weight is 204 g/mol. The number of ether oxygens (including phenoxy) is 3. The van der Waals surface area contributed by atoms with E-state index in [2.05, 4.69) is 13.8 Å². The van der Waals surface area contributed by atoms with Crippen LogP contribution in [0.5, 0.6) is 0 Å². The molecule has 0 rings (SSSR count). The van der Waals surface area contributed by atoms with Crippen molar-refractivity contribution in [1.82, 2.24) is 0 Å². The van der Waals surface area contributed by atoms with Crippen molar-refractivity contribution >= 4 is 0 Å². The first-order chi connectivity index (χ1) is 6.74. The van der Waals surface area contributed by atoms with Crippen LogP contribution in [0.15, 0.2) is 0 Å². The first kappa shape index (κ1) is 13.9. The van der Waals surface area contributed by atoms with Crippen LogP contribution in [0.1, 0.15) is 40.5 Å². The first-order valence-electron chi connectivity index (χ1n) is 5.59. The van der Waals surface area contributed by atoms with Gasteiger partial charge in [-0.15, -0.1) is 0 Å². The molecule has 14 heavy (non-hydrogen) atoms. The quantitative estimate of drug-likeness (QED) is 0.540. The third-order valence-electron chi connectivity index (χ3n) is 2.04. The Kier molecular flexibility index (Phi) is 9.35. The lowest BCUT2D eigenvalue weighted by Crippen LogP contribution is -2.21. The second kappa shape index (κ2) is 9.44. The van der Waals surface area contributed by atoms with E-state index in [1.165, 1.54) is 0 Å². The van der Waals surface area contributed by atoms with E-state index in [1.807, 2.05) is 13.8 Å². The molecule has 3 nitrogen and oxygen atoms in total. The van der Waals surface area contributed by atoms with Crippen molar-refractivity contribution in [2.45, 2.75) is 52.9 Å². The fraction of sp³-hybridized carbons (Fsp3) is 1.00. The highest BCUT2D eigenvalue weighted by molar-refractivity contribution is 4.48. The van der Waals surface area contributed by atoms with Gasteiger partial charge in [0, 0.05) is 19.6 Å². The Morgan fingerprint density at radius 3 is 1.93 bits per heavy atom. The van der Waals surface area contributed by atoms with Crippen LogP contribution in [-0.4, -0.2) is 32.2 Å². The Morgan fingerprint density at radius 1 is 0.929 bits per heavy atom. The summed E-state index contributed by atoms with van der Waals surface area (Å²) < 4.78 is 16.3. The van der Waals surface area contributed by atoms with Crippen LogP contribution in [0.2, 0.25) is 0 Å². The zero-order chi connectivity index (χ0) is 10.8. The van der Waals surface area contributed by atoms with Crippen LogP contribution in [0.3, 0.4) is 0 Å². The molecule has 0 heterocycles. The summed E-state index contributed by atoms with van der Waals surface area (Å²) in [6.07, 6.45) is 2.09. The predicted molar refractivity (Wildman–Crippen MR) is 57.4 cm³/mol. The SMILES string of the molecule is CCOC(CCOC(C)CC)OCC. The number of hydrogen-bond donors (Lipinski definition) is 0. The third-order valence-corrected chi connectivity index (χ3v) is 2.04. The van der Waals surface area contributed by atoms with Crippen LogP contribution in [-0.2, 0) is 14.2 Å². The maximum Gasteiger partial charge on any atom is 0.159 e. The third kappa shape index (κ3) is 7.30. The van der Waals surface area contributed by atoms with Crippen molar-refractivity contribution < 1.29 is 14.2 Å². The molecule has 0 aromatic rings. The molecule has 3 heteroatoms. The highest BCUT2D eigenvalue weighted by Gasteiger charge is 2.08. The molecule has 86 valence electrons. The van der Waals surface area contributed by atoms with E-state index in [-0.39, 0.29) is 6.29 Å². The molecule has 1 unspecified atom stereocenters. The monoisotopic (exact) mass is 204 g/mol. The minimum atomic E-state index is -0.103. The van der Waals surface area contributed by atoms with Crippen molar-refractivity contribution in [2.24, 2.45) is 0 Å². The number of hydrogen-bond acceptors (Lipinski definition) is 3. The largest absolute Gasteiger partial charge is 0.378 e. The normalized spacial score (nSPS) is 13.5. The van der Waals surface area contributed by atoms with Gasteiger partial charge in [-0.25, -0.2) is 0 Å². The van der Waals surface area contributed by atoms with Crippen molar-refractivity contribution in [3.05, 3.63) is 0 Å². The standard InChI is InChI=1S/C11H24O3/c1-5-10(4)14-9-8-11(12-6-2)13-7-3/h10-11H,5-9H2,1-4H3. The number of rotatable bonds is 9. The summed E-state index contributed by atoms with van der Waals surface area (Å²) in [6, 6.07) is 0. The minimum absolute atomic E-state index is 0.103. The second-order valence-corrected chi connectivity index (χ2v) is 3.22. The van der Waals surface area contributed by atoms with Gasteiger partial charge in [0.1, 0.15) is 0 Å². The van der Waals surface area contributed by atoms with E-state index in [9.17, 15) is 0 Å². The van der Waals surface area contributed by atoms with Crippen LogP contribution in [0.4, 0.5) is 0 Å². The molecule has 0 aromatic carbocycles. The van der Waals surface area contributed by atoms with Crippen molar-refractivity contribution in [1.29, 1.82) is 0 Å². The molecule has 0 spiro atoms. The van der Waals surface area contributed by atoms with E-state index in [1.54, 1.807) is 0 Å². The highest BCUT2D eigenvalue weighted by Crippen LogP contribution is 2.04. The molecule has 0 amide bonds. The smallest absolute Gasteiger partial charge is 0.159 e. The van der Waals surface area contributed by atoms with Crippen LogP contribution < -0.4 is 0 Å². The lowest BCUT2D eigenvalue weighted by molar-refractivity contribution is -0.148. The van der Waals surface area contributed by atoms with Crippen LogP contribution in [0, 0.1) is 0 Å². The summed E-state index contributed by atoms with van der Waals surface area (Å²) >= 11 is 0. The van der Waals surface area contributed by atoms with Crippen molar-refractivity contribution in [3.63, 3.8) is 0 Å². The summed E-state index contributed by atoms with van der Waals surface area (Å²) in [5, 5.41) is 0. The molecule has 0 saturated heterocycles. The van der Waals surface area contributed by atoms with Crippen LogP contribution in [0.25, 0.3) is 0 Å². The van der Waals surface area contributed by atoms with E-state index in [0.717, 1.165) is 12.8 Å². The lowest BCUT2D eigenvalue weighted by atomic mass is 10.3. The topological polar surface area (TPSA) is 27.7 Å². The Labute approximate surface area is 87.7 Å². The van der Waals surface area contributed by atoms with E-state index in [0.29, 0.717) is 25.9 Å². The second-order valence-electron chi connectivity index (χ2n) is 3.22. The molecular formula is C11H24O3. The van der Waals surface area contributed by atoms with E-state index < -0.39 is 0 Å². The Morgan fingerprint density at radius 2 is 1.50 bits per heavy atom. The Bertz CT molecular complexity index is 111. The highest BCUT2D eigenvalue weighted by atomic mass is 16.7. The van der Waals surface area contributed by atoms with Gasteiger partial charge in [-0.05, 0) is 27.2 Å². The van der Waals surface area contributed by atoms with Gasteiger partial charge in [0.25, 0.3) is 0 Å². The zero-order valence-electron chi connectivity index (χ0n) is 9.91. The van der Waals surface area contributed by atoms with E-state index in [4.69, 9.17) is 14.2 Å². The van der Waals surface area contributed by atoms with Gasteiger partial charge in [0.2, 0.25) is 0 Å². The van der Waals surface area contributed by atoms with Gasteiger partial charge in [-0.1, -0.05) is 6.92 Å². The zero-order valence-corrected chi connectivity index (χ0v) is 9.91. The average Bonchev–Trinajstić information content (AvgIpc) is 2.18. The molecule has 0 radical (unpaired) electrons. The van der Waals surface area contributed by atoms with Gasteiger partial charge in [0.15, 0.2) is 6.29 Å². The molecule has 0 aromatic heterocycles. The molecule has 0 N–H and O–H groups in total. The first-order valence-corrected chi connectivity index (χ1v) is 5.59. The molecule has 0 bridgehead atoms. The van der Waals surface area contributed by atoms with E-state index >= 15 is 0 Å². The van der Waals surface area contributed by atoms with Gasteiger partial charge in [0.05, 0.1) is 12.7 Å². The molecule has 0 aliphatic carbocycles. The Hall–Kier alpha value is -0.120. The summed E-state index contributed by atoms with van der Waals surface area (Å²) in [5.74, 6) is 0. The maximum absolute atomic E-state index is 5.55. The summed E-state index contributed by atoms with van der Waals surface area (Å²) in [4.78, 5) is 0. The molecule has 0 saturated carbocycles. The molecule has 1 atom stereocenters. The summed E-state index contributed by atoms with van der Waals surface area (Å²) in [6.45, 7) is 10.2. The fourth-order valence-corrected chi connectivity index (χ4v) is 1.07. The minimum Gasteiger partial charge on any atom is -0.378 e. The van der Waals surface area contributed by atoms with Crippen LogP contribution >= 0.6 is 0 Å². The van der Waals surface area contributed by atoms with Gasteiger partial charge in [-0.2, -0.15) is 0 Å². The fourth-order valence-electron chi connectivity index (χ4n) is 1.07. The maximum atomic E-state index is 5.55. The lowest BCUT2D eigenvalue weighted by Gasteiger charge is -2.18. The molecular weight excluding hydrogens is 180 g/mol. The molecule has 0 aliphatic rings.